The number of aliphatic hydroxyl groups excluding tert-OH is 1. The molecule has 2 N–H and O–H groups in total. The molecule has 0 spiro atoms. The van der Waals surface area contributed by atoms with Gasteiger partial charge in [-0.25, -0.2) is 0 Å². The average Bonchev–Trinajstić information content (AvgIpc) is 2.45. The minimum Gasteiger partial charge on any atom is -0.491 e. The van der Waals surface area contributed by atoms with Gasteiger partial charge >= 0.3 is 0 Å². The van der Waals surface area contributed by atoms with Crippen LogP contribution in [0.15, 0.2) is 54.6 Å². The minimum atomic E-state index is -0.540. The molecule has 100 valence electrons. The van der Waals surface area contributed by atoms with Crippen LogP contribution in [-0.2, 0) is 0 Å². The Morgan fingerprint density at radius 2 is 1.74 bits per heavy atom. The SMILES string of the molecule is Cc1ccc(NC[C@H](O)COc2ccccc2)cc1. The van der Waals surface area contributed by atoms with Crippen molar-refractivity contribution in [3.8, 4) is 5.75 Å². The van der Waals surface area contributed by atoms with Gasteiger partial charge in [0.25, 0.3) is 0 Å². The quantitative estimate of drug-likeness (QED) is 0.836. The minimum absolute atomic E-state index is 0.281. The third kappa shape index (κ3) is 4.64. The summed E-state index contributed by atoms with van der Waals surface area (Å²) in [5, 5.41) is 13.0. The Morgan fingerprint density at radius 1 is 1.05 bits per heavy atom. The van der Waals surface area contributed by atoms with Crippen LogP contribution in [0.1, 0.15) is 5.56 Å². The fraction of sp³-hybridized carbons (Fsp3) is 0.250. The third-order valence-corrected chi connectivity index (χ3v) is 2.78. The highest BCUT2D eigenvalue weighted by molar-refractivity contribution is 5.44. The van der Waals surface area contributed by atoms with Crippen molar-refractivity contribution in [3.63, 3.8) is 0 Å². The van der Waals surface area contributed by atoms with Crippen LogP contribution in [0.5, 0.6) is 5.75 Å². The maximum absolute atomic E-state index is 9.84. The van der Waals surface area contributed by atoms with Gasteiger partial charge in [-0.1, -0.05) is 35.9 Å². The van der Waals surface area contributed by atoms with Gasteiger partial charge in [0.1, 0.15) is 18.5 Å². The van der Waals surface area contributed by atoms with Crippen LogP contribution in [0.2, 0.25) is 0 Å². The Labute approximate surface area is 113 Å². The number of rotatable bonds is 6. The Morgan fingerprint density at radius 3 is 2.42 bits per heavy atom. The first-order valence-corrected chi connectivity index (χ1v) is 6.40. The highest BCUT2D eigenvalue weighted by Crippen LogP contribution is 2.10. The highest BCUT2D eigenvalue weighted by atomic mass is 16.5. The van der Waals surface area contributed by atoms with E-state index in [1.54, 1.807) is 0 Å². The van der Waals surface area contributed by atoms with E-state index in [-0.39, 0.29) is 6.61 Å². The van der Waals surface area contributed by atoms with Gasteiger partial charge in [-0.3, -0.25) is 0 Å². The lowest BCUT2D eigenvalue weighted by atomic mass is 10.2. The molecule has 0 saturated heterocycles. The van der Waals surface area contributed by atoms with Crippen LogP contribution in [-0.4, -0.2) is 24.4 Å². The number of ether oxygens (including phenoxy) is 1. The molecule has 0 unspecified atom stereocenters. The molecule has 0 fully saturated rings. The van der Waals surface area contributed by atoms with E-state index in [1.807, 2.05) is 61.5 Å². The predicted molar refractivity (Wildman–Crippen MR) is 77.6 cm³/mol. The van der Waals surface area contributed by atoms with E-state index in [0.717, 1.165) is 11.4 Å². The molecule has 0 aliphatic rings. The van der Waals surface area contributed by atoms with E-state index in [4.69, 9.17) is 4.74 Å². The molecule has 2 aromatic carbocycles. The molecular formula is C16H19NO2. The van der Waals surface area contributed by atoms with E-state index in [9.17, 15) is 5.11 Å². The molecule has 19 heavy (non-hydrogen) atoms. The van der Waals surface area contributed by atoms with Gasteiger partial charge in [0, 0.05) is 12.2 Å². The van der Waals surface area contributed by atoms with E-state index in [0.29, 0.717) is 6.54 Å². The highest BCUT2D eigenvalue weighted by Gasteiger charge is 2.04. The summed E-state index contributed by atoms with van der Waals surface area (Å²) in [5.74, 6) is 0.775. The molecule has 0 aliphatic heterocycles. The van der Waals surface area contributed by atoms with Crippen molar-refractivity contribution in [2.75, 3.05) is 18.5 Å². The fourth-order valence-electron chi connectivity index (χ4n) is 1.68. The first-order chi connectivity index (χ1) is 9.24. The van der Waals surface area contributed by atoms with Crippen LogP contribution < -0.4 is 10.1 Å². The number of benzene rings is 2. The average molecular weight is 257 g/mol. The normalized spacial score (nSPS) is 11.9. The molecule has 0 heterocycles. The van der Waals surface area contributed by atoms with Crippen molar-refractivity contribution in [1.29, 1.82) is 0 Å². The van der Waals surface area contributed by atoms with Crippen molar-refractivity contribution >= 4 is 5.69 Å². The lowest BCUT2D eigenvalue weighted by Crippen LogP contribution is -2.26. The Hall–Kier alpha value is -2.00. The van der Waals surface area contributed by atoms with E-state index < -0.39 is 6.10 Å². The number of anilines is 1. The maximum Gasteiger partial charge on any atom is 0.119 e. The molecule has 0 aromatic heterocycles. The summed E-state index contributed by atoms with van der Waals surface area (Å²) in [4.78, 5) is 0. The Bertz CT molecular complexity index is 482. The van der Waals surface area contributed by atoms with Gasteiger partial charge in [-0.15, -0.1) is 0 Å². The van der Waals surface area contributed by atoms with E-state index in [1.165, 1.54) is 5.56 Å². The van der Waals surface area contributed by atoms with Gasteiger partial charge in [-0.05, 0) is 31.2 Å². The molecule has 1 atom stereocenters. The summed E-state index contributed by atoms with van der Waals surface area (Å²) in [6.45, 7) is 2.80. The number of aryl methyl sites for hydroxylation is 1. The second kappa shape index (κ2) is 6.81. The number of nitrogens with one attached hydrogen (secondary N) is 1. The molecular weight excluding hydrogens is 238 g/mol. The van der Waals surface area contributed by atoms with Crippen molar-refractivity contribution in [2.45, 2.75) is 13.0 Å². The topological polar surface area (TPSA) is 41.5 Å². The molecule has 0 amide bonds. The molecule has 0 radical (unpaired) electrons. The summed E-state index contributed by atoms with van der Waals surface area (Å²) in [6, 6.07) is 17.6. The lowest BCUT2D eigenvalue weighted by molar-refractivity contribution is 0.117. The zero-order valence-electron chi connectivity index (χ0n) is 11.0. The molecule has 0 aliphatic carbocycles. The predicted octanol–water partition coefficient (Wildman–Crippen LogP) is 2.85. The van der Waals surface area contributed by atoms with Crippen LogP contribution >= 0.6 is 0 Å². The van der Waals surface area contributed by atoms with Crippen molar-refractivity contribution in [3.05, 3.63) is 60.2 Å². The zero-order chi connectivity index (χ0) is 13.5. The Kier molecular flexibility index (Phi) is 4.81. The van der Waals surface area contributed by atoms with E-state index in [2.05, 4.69) is 5.32 Å². The number of para-hydroxylation sites is 1. The van der Waals surface area contributed by atoms with Crippen molar-refractivity contribution < 1.29 is 9.84 Å². The Balaban J connectivity index is 1.72. The maximum atomic E-state index is 9.84. The molecule has 2 rings (SSSR count). The van der Waals surface area contributed by atoms with Crippen LogP contribution in [0.4, 0.5) is 5.69 Å². The number of aliphatic hydroxyl groups is 1. The van der Waals surface area contributed by atoms with Crippen molar-refractivity contribution in [1.82, 2.24) is 0 Å². The number of hydrogen-bond acceptors (Lipinski definition) is 3. The fourth-order valence-corrected chi connectivity index (χ4v) is 1.68. The summed E-state index contributed by atoms with van der Waals surface area (Å²) in [5.41, 5.74) is 2.22. The van der Waals surface area contributed by atoms with Crippen molar-refractivity contribution in [2.24, 2.45) is 0 Å². The summed E-state index contributed by atoms with van der Waals surface area (Å²) >= 11 is 0. The first kappa shape index (κ1) is 13.4. The number of hydrogen-bond donors (Lipinski definition) is 2. The van der Waals surface area contributed by atoms with Gasteiger partial charge in [0.15, 0.2) is 0 Å². The van der Waals surface area contributed by atoms with Gasteiger partial charge in [0.2, 0.25) is 0 Å². The summed E-state index contributed by atoms with van der Waals surface area (Å²) in [7, 11) is 0. The molecule has 3 nitrogen and oxygen atoms in total. The molecule has 3 heteroatoms. The first-order valence-electron chi connectivity index (χ1n) is 6.40. The molecule has 0 saturated carbocycles. The monoisotopic (exact) mass is 257 g/mol. The molecule has 0 bridgehead atoms. The lowest BCUT2D eigenvalue weighted by Gasteiger charge is -2.14. The third-order valence-electron chi connectivity index (χ3n) is 2.78. The second-order valence-corrected chi connectivity index (χ2v) is 4.52. The molecule has 2 aromatic rings. The second-order valence-electron chi connectivity index (χ2n) is 4.52. The summed E-state index contributed by atoms with van der Waals surface area (Å²) in [6.07, 6.45) is -0.540. The van der Waals surface area contributed by atoms with Gasteiger partial charge in [0.05, 0.1) is 0 Å². The van der Waals surface area contributed by atoms with Crippen LogP contribution in [0.25, 0.3) is 0 Å². The van der Waals surface area contributed by atoms with Crippen LogP contribution in [0.3, 0.4) is 0 Å². The van der Waals surface area contributed by atoms with Crippen LogP contribution in [0, 0.1) is 6.92 Å². The largest absolute Gasteiger partial charge is 0.491 e. The smallest absolute Gasteiger partial charge is 0.119 e. The van der Waals surface area contributed by atoms with E-state index >= 15 is 0 Å². The zero-order valence-corrected chi connectivity index (χ0v) is 11.0. The van der Waals surface area contributed by atoms with Gasteiger partial charge < -0.3 is 15.2 Å². The summed E-state index contributed by atoms with van der Waals surface area (Å²) < 4.78 is 5.49. The van der Waals surface area contributed by atoms with Gasteiger partial charge in [-0.2, -0.15) is 0 Å². The standard InChI is InChI=1S/C16H19NO2/c1-13-7-9-14(10-8-13)17-11-15(18)12-19-16-5-3-2-4-6-16/h2-10,15,17-18H,11-12H2,1H3/t15-/m0/s1.